The molecule has 1 aromatic carbocycles. The lowest BCUT2D eigenvalue weighted by Crippen LogP contribution is -2.23. The number of thiophene rings is 1. The van der Waals surface area contributed by atoms with Crippen LogP contribution in [0.2, 0.25) is 0 Å². The van der Waals surface area contributed by atoms with Gasteiger partial charge in [0.1, 0.15) is 5.82 Å². The van der Waals surface area contributed by atoms with E-state index in [0.717, 1.165) is 41.5 Å². The van der Waals surface area contributed by atoms with E-state index in [4.69, 9.17) is 0 Å². The van der Waals surface area contributed by atoms with E-state index >= 15 is 0 Å². The zero-order chi connectivity index (χ0) is 20.4. The molecule has 2 heterocycles. The molecule has 29 heavy (non-hydrogen) atoms. The van der Waals surface area contributed by atoms with Crippen molar-refractivity contribution < 1.29 is 4.79 Å². The van der Waals surface area contributed by atoms with Crippen molar-refractivity contribution in [1.29, 1.82) is 0 Å². The Balaban J connectivity index is 1.48. The number of hydrogen-bond donors (Lipinski definition) is 1. The summed E-state index contributed by atoms with van der Waals surface area (Å²) >= 11 is 3.23. The van der Waals surface area contributed by atoms with Gasteiger partial charge in [-0.3, -0.25) is 4.79 Å². The normalized spacial score (nSPS) is 14.9. The van der Waals surface area contributed by atoms with Gasteiger partial charge >= 0.3 is 0 Å². The van der Waals surface area contributed by atoms with Crippen LogP contribution in [0.15, 0.2) is 46.9 Å². The van der Waals surface area contributed by atoms with E-state index < -0.39 is 0 Å². The van der Waals surface area contributed by atoms with Crippen LogP contribution < -0.4 is 5.32 Å². The predicted molar refractivity (Wildman–Crippen MR) is 120 cm³/mol. The fourth-order valence-electron chi connectivity index (χ4n) is 3.34. The summed E-state index contributed by atoms with van der Waals surface area (Å²) in [6, 6.07) is 12.7. The van der Waals surface area contributed by atoms with Crippen LogP contribution in [0.1, 0.15) is 61.8 Å². The Morgan fingerprint density at radius 2 is 2.00 bits per heavy atom. The van der Waals surface area contributed by atoms with Crippen LogP contribution in [0, 0.1) is 0 Å². The summed E-state index contributed by atoms with van der Waals surface area (Å²) in [5.74, 6) is 1.34. The fourth-order valence-corrected chi connectivity index (χ4v) is 4.98. The summed E-state index contributed by atoms with van der Waals surface area (Å²) in [4.78, 5) is 14.1. The molecule has 0 aliphatic heterocycles. The smallest absolute Gasteiger partial charge is 0.237 e. The third-order valence-corrected chi connectivity index (χ3v) is 6.98. The zero-order valence-electron chi connectivity index (χ0n) is 17.0. The molecule has 0 saturated heterocycles. The largest absolute Gasteiger partial charge is 0.325 e. The van der Waals surface area contributed by atoms with Crippen molar-refractivity contribution in [3.8, 4) is 0 Å². The Morgan fingerprint density at radius 3 is 2.69 bits per heavy atom. The molecule has 152 valence electrons. The molecule has 1 atom stereocenters. The Kier molecular flexibility index (Phi) is 6.06. The molecular weight excluding hydrogens is 400 g/mol. The van der Waals surface area contributed by atoms with Gasteiger partial charge in [0.05, 0.1) is 5.25 Å². The quantitative estimate of drug-likeness (QED) is 0.483. The summed E-state index contributed by atoms with van der Waals surface area (Å²) < 4.78 is 2.25. The van der Waals surface area contributed by atoms with Gasteiger partial charge in [0.15, 0.2) is 5.16 Å². The van der Waals surface area contributed by atoms with Crippen molar-refractivity contribution in [2.45, 2.75) is 62.4 Å². The first-order valence-corrected chi connectivity index (χ1v) is 11.8. The van der Waals surface area contributed by atoms with E-state index in [2.05, 4.69) is 57.5 Å². The monoisotopic (exact) mass is 426 g/mol. The number of carbonyl (C=O) groups excluding carboxylic acids is 1. The van der Waals surface area contributed by atoms with Crippen molar-refractivity contribution in [1.82, 2.24) is 14.8 Å². The molecule has 7 heteroatoms. The SMILES string of the molecule is CC(Sc1nnc(Cc2cccs2)n1C1CC1)C(=O)Nc1ccccc1C(C)C. The van der Waals surface area contributed by atoms with Gasteiger partial charge in [-0.15, -0.1) is 21.5 Å². The summed E-state index contributed by atoms with van der Waals surface area (Å²) in [5, 5.41) is 14.7. The average Bonchev–Trinajstić information content (AvgIpc) is 3.26. The minimum absolute atomic E-state index is 0.00625. The Hall–Kier alpha value is -2.12. The van der Waals surface area contributed by atoms with E-state index in [9.17, 15) is 4.79 Å². The van der Waals surface area contributed by atoms with Crippen molar-refractivity contribution >= 4 is 34.7 Å². The van der Waals surface area contributed by atoms with Gasteiger partial charge in [-0.2, -0.15) is 0 Å². The minimum Gasteiger partial charge on any atom is -0.325 e. The Morgan fingerprint density at radius 1 is 1.21 bits per heavy atom. The molecule has 1 fully saturated rings. The number of nitrogens with one attached hydrogen (secondary N) is 1. The Bertz CT molecular complexity index is 977. The fraction of sp³-hybridized carbons (Fsp3) is 0.409. The number of amides is 1. The second-order valence-corrected chi connectivity index (χ2v) is 10.1. The number of rotatable bonds is 8. The molecule has 0 bridgehead atoms. The highest BCUT2D eigenvalue weighted by Crippen LogP contribution is 2.40. The number of nitrogens with zero attached hydrogens (tertiary/aromatic N) is 3. The molecule has 1 N–H and O–H groups in total. The number of para-hydroxylation sites is 1. The van der Waals surface area contributed by atoms with Crippen molar-refractivity contribution in [3.05, 3.63) is 58.0 Å². The van der Waals surface area contributed by atoms with Gasteiger partial charge < -0.3 is 9.88 Å². The van der Waals surface area contributed by atoms with Crippen molar-refractivity contribution in [3.63, 3.8) is 0 Å². The standard InChI is InChI=1S/C22H26N4OS2/c1-14(2)18-8-4-5-9-19(18)23-21(27)15(3)29-22-25-24-20(26(22)16-10-11-16)13-17-7-6-12-28-17/h4-9,12,14-16H,10-11,13H2,1-3H3,(H,23,27). The van der Waals surface area contributed by atoms with Crippen LogP contribution in [0.25, 0.3) is 0 Å². The number of thioether (sulfide) groups is 1. The molecule has 2 aromatic heterocycles. The molecular formula is C22H26N4OS2. The summed E-state index contributed by atoms with van der Waals surface area (Å²) in [6.45, 7) is 6.20. The third-order valence-electron chi connectivity index (χ3n) is 5.05. The summed E-state index contributed by atoms with van der Waals surface area (Å²) in [6.07, 6.45) is 3.11. The van der Waals surface area contributed by atoms with Crippen LogP contribution in [0.5, 0.6) is 0 Å². The van der Waals surface area contributed by atoms with E-state index in [-0.39, 0.29) is 11.2 Å². The third kappa shape index (κ3) is 4.73. The molecule has 0 radical (unpaired) electrons. The maximum atomic E-state index is 12.9. The van der Waals surface area contributed by atoms with Crippen LogP contribution in [-0.4, -0.2) is 25.9 Å². The molecule has 1 aliphatic carbocycles. The second kappa shape index (κ2) is 8.71. The van der Waals surface area contributed by atoms with Crippen LogP contribution in [0.4, 0.5) is 5.69 Å². The minimum atomic E-state index is -0.258. The van der Waals surface area contributed by atoms with Crippen LogP contribution in [-0.2, 0) is 11.2 Å². The second-order valence-electron chi connectivity index (χ2n) is 7.75. The van der Waals surface area contributed by atoms with Gasteiger partial charge in [0.25, 0.3) is 0 Å². The van der Waals surface area contributed by atoms with Crippen LogP contribution >= 0.6 is 23.1 Å². The van der Waals surface area contributed by atoms with Gasteiger partial charge in [-0.05, 0) is 48.8 Å². The van der Waals surface area contributed by atoms with Gasteiger partial charge in [-0.25, -0.2) is 0 Å². The van der Waals surface area contributed by atoms with Gasteiger partial charge in [-0.1, -0.05) is 49.9 Å². The molecule has 1 unspecified atom stereocenters. The number of anilines is 1. The predicted octanol–water partition coefficient (Wildman–Crippen LogP) is 5.51. The molecule has 0 spiro atoms. The molecule has 3 aromatic rings. The summed E-state index contributed by atoms with van der Waals surface area (Å²) in [7, 11) is 0. The highest BCUT2D eigenvalue weighted by molar-refractivity contribution is 8.00. The highest BCUT2D eigenvalue weighted by Gasteiger charge is 2.31. The van der Waals surface area contributed by atoms with E-state index in [1.165, 1.54) is 16.6 Å². The molecule has 1 amide bonds. The van der Waals surface area contributed by atoms with Crippen molar-refractivity contribution in [2.24, 2.45) is 0 Å². The number of carbonyl (C=O) groups is 1. The molecule has 4 rings (SSSR count). The molecule has 5 nitrogen and oxygen atoms in total. The maximum absolute atomic E-state index is 12.9. The number of benzene rings is 1. The number of aromatic nitrogens is 3. The highest BCUT2D eigenvalue weighted by atomic mass is 32.2. The van der Waals surface area contributed by atoms with Crippen LogP contribution in [0.3, 0.4) is 0 Å². The molecule has 1 saturated carbocycles. The van der Waals surface area contributed by atoms with E-state index in [1.54, 1.807) is 11.3 Å². The maximum Gasteiger partial charge on any atom is 0.237 e. The lowest BCUT2D eigenvalue weighted by atomic mass is 10.0. The average molecular weight is 427 g/mol. The zero-order valence-corrected chi connectivity index (χ0v) is 18.6. The van der Waals surface area contributed by atoms with E-state index in [1.807, 2.05) is 25.1 Å². The first kappa shape index (κ1) is 20.2. The van der Waals surface area contributed by atoms with E-state index in [0.29, 0.717) is 12.0 Å². The molecule has 1 aliphatic rings. The first-order chi connectivity index (χ1) is 14.0. The lowest BCUT2D eigenvalue weighted by Gasteiger charge is -2.16. The topological polar surface area (TPSA) is 59.8 Å². The number of hydrogen-bond acceptors (Lipinski definition) is 5. The Labute approximate surface area is 179 Å². The van der Waals surface area contributed by atoms with Gasteiger partial charge in [0, 0.05) is 23.0 Å². The van der Waals surface area contributed by atoms with Crippen molar-refractivity contribution in [2.75, 3.05) is 5.32 Å². The lowest BCUT2D eigenvalue weighted by molar-refractivity contribution is -0.115. The van der Waals surface area contributed by atoms with Gasteiger partial charge in [0.2, 0.25) is 5.91 Å². The first-order valence-electron chi connectivity index (χ1n) is 10.1. The summed E-state index contributed by atoms with van der Waals surface area (Å²) in [5.41, 5.74) is 2.04.